The van der Waals surface area contributed by atoms with Crippen molar-refractivity contribution in [2.45, 2.75) is 79.1 Å². The summed E-state index contributed by atoms with van der Waals surface area (Å²) < 4.78 is 0. The Hall–Kier alpha value is -2.37. The Kier molecular flexibility index (Phi) is 25.3. The molecule has 2 N–H and O–H groups in total. The van der Waals surface area contributed by atoms with E-state index in [1.165, 1.54) is 0 Å². The minimum absolute atomic E-state index is 0. The molecule has 2 atom stereocenters. The number of rotatable bonds is 11. The smallest absolute Gasteiger partial charge is 0.306 e. The molecule has 7 heteroatoms. The monoisotopic (exact) mass is 514 g/mol. The molecule has 0 aliphatic heterocycles. The minimum Gasteiger partial charge on any atom is -0.481 e. The normalized spacial score (nSPS) is 11.1. The Morgan fingerprint density at radius 1 is 0.735 bits per heavy atom. The van der Waals surface area contributed by atoms with Crippen LogP contribution in [-0.2, 0) is 26.7 Å². The number of carbonyl (C=O) groups is 2. The fraction of sp³-hybridized carbons (Fsp3) is 0.519. The van der Waals surface area contributed by atoms with Crippen LogP contribution in [-0.4, -0.2) is 32.1 Å². The van der Waals surface area contributed by atoms with Crippen LogP contribution >= 0.6 is 0 Å². The number of unbranched alkanes of at least 4 members (excludes halogenated alkanes) is 2. The van der Waals surface area contributed by atoms with Gasteiger partial charge in [-0.1, -0.05) is 65.5 Å². The molecule has 2 heterocycles. The second-order valence-corrected chi connectivity index (χ2v) is 7.60. The molecule has 6 nitrogen and oxygen atoms in total. The Balaban J connectivity index is -0.000000416. The van der Waals surface area contributed by atoms with E-state index < -0.39 is 11.9 Å². The van der Waals surface area contributed by atoms with Gasteiger partial charge in [0.15, 0.2) is 0 Å². The van der Waals surface area contributed by atoms with Crippen molar-refractivity contribution >= 4 is 11.9 Å². The van der Waals surface area contributed by atoms with Crippen molar-refractivity contribution < 1.29 is 36.9 Å². The average Bonchev–Trinajstić information content (AvgIpc) is 2.82. The van der Waals surface area contributed by atoms with E-state index in [9.17, 15) is 9.59 Å². The van der Waals surface area contributed by atoms with E-state index >= 15 is 0 Å². The maximum Gasteiger partial charge on any atom is 0.306 e. The number of carboxylic acids is 2. The summed E-state index contributed by atoms with van der Waals surface area (Å²) in [6.07, 6.45) is 11.0. The first kappa shape index (κ1) is 36.2. The van der Waals surface area contributed by atoms with Gasteiger partial charge in [-0.15, -0.1) is 0 Å². The first-order valence-corrected chi connectivity index (χ1v) is 11.7. The molecule has 0 aromatic carbocycles. The molecule has 2 unspecified atom stereocenters. The Bertz CT molecular complexity index is 666. The summed E-state index contributed by atoms with van der Waals surface area (Å²) >= 11 is 0. The fourth-order valence-electron chi connectivity index (χ4n) is 2.93. The third kappa shape index (κ3) is 17.2. The van der Waals surface area contributed by atoms with Gasteiger partial charge in [-0.25, -0.2) is 0 Å². The molecule has 0 aliphatic rings. The van der Waals surface area contributed by atoms with Gasteiger partial charge in [0.2, 0.25) is 0 Å². The summed E-state index contributed by atoms with van der Waals surface area (Å²) in [5, 5.41) is 17.2. The summed E-state index contributed by atoms with van der Waals surface area (Å²) in [7, 11) is 0. The van der Waals surface area contributed by atoms with Crippen LogP contribution < -0.4 is 0 Å². The molecule has 1 radical (unpaired) electrons. The zero-order chi connectivity index (χ0) is 24.2. The van der Waals surface area contributed by atoms with E-state index in [1.807, 2.05) is 50.2 Å². The molecular weight excluding hydrogens is 471 g/mol. The van der Waals surface area contributed by atoms with Crippen LogP contribution in [0.4, 0.5) is 0 Å². The number of hydrogen-bond donors (Lipinski definition) is 2. The van der Waals surface area contributed by atoms with E-state index in [2.05, 4.69) is 23.8 Å². The van der Waals surface area contributed by atoms with Crippen LogP contribution in [0.5, 0.6) is 0 Å². The van der Waals surface area contributed by atoms with Crippen molar-refractivity contribution in [3.05, 3.63) is 56.2 Å². The second-order valence-electron chi connectivity index (χ2n) is 7.60. The van der Waals surface area contributed by atoms with Crippen molar-refractivity contribution in [1.82, 2.24) is 9.97 Å². The standard InChI is InChI=1S/C10H8N2.2C8H16O2.CH3.Mn/c1-3-7-11-9(5-1)10-6-2-4-8-12-10;2*1-3-5-6-7(4-2)8(9)10;;/h1-8H;2*7H,3-6H2,1-2H3,(H,9,10);1H3;/q;;;+1;. The predicted molar refractivity (Wildman–Crippen MR) is 136 cm³/mol. The molecule has 0 amide bonds. The van der Waals surface area contributed by atoms with E-state index in [0.717, 1.165) is 62.8 Å². The van der Waals surface area contributed by atoms with Gasteiger partial charge in [-0.2, -0.15) is 0 Å². The molecule has 0 spiro atoms. The Labute approximate surface area is 217 Å². The van der Waals surface area contributed by atoms with Gasteiger partial charge in [0, 0.05) is 36.9 Å². The zero-order valence-electron chi connectivity index (χ0n) is 21.4. The van der Waals surface area contributed by atoms with E-state index in [1.54, 1.807) is 12.4 Å². The Morgan fingerprint density at radius 2 is 1.09 bits per heavy atom. The van der Waals surface area contributed by atoms with Crippen molar-refractivity contribution in [3.63, 3.8) is 0 Å². The third-order valence-electron chi connectivity index (χ3n) is 5.09. The van der Waals surface area contributed by atoms with Crippen LogP contribution in [0.15, 0.2) is 48.8 Å². The number of pyridine rings is 2. The average molecular weight is 515 g/mol. The Morgan fingerprint density at radius 3 is 1.29 bits per heavy atom. The van der Waals surface area contributed by atoms with Crippen molar-refractivity contribution in [2.24, 2.45) is 11.8 Å². The number of hydrogen-bond acceptors (Lipinski definition) is 4. The van der Waals surface area contributed by atoms with Gasteiger partial charge >= 0.3 is 11.9 Å². The molecule has 0 saturated carbocycles. The molecule has 2 aromatic rings. The van der Waals surface area contributed by atoms with Gasteiger partial charge in [0.1, 0.15) is 0 Å². The fourth-order valence-corrected chi connectivity index (χ4v) is 2.93. The molecule has 191 valence electrons. The summed E-state index contributed by atoms with van der Waals surface area (Å²) in [5.41, 5.74) is 1.83. The molecule has 34 heavy (non-hydrogen) atoms. The van der Waals surface area contributed by atoms with E-state index in [-0.39, 0.29) is 36.3 Å². The zero-order valence-corrected chi connectivity index (χ0v) is 22.6. The van der Waals surface area contributed by atoms with Gasteiger partial charge in [-0.3, -0.25) is 19.6 Å². The number of carboxylic acid groups (broad SMARTS) is 2. The SMILES string of the molecule is CCCCC(CC)C(=O)O.CCCCC(CC)C(=O)O.[CH3+].[Mn].c1ccc(-c2ccccn2)nc1. The number of aliphatic carboxylic acids is 2. The van der Waals surface area contributed by atoms with Gasteiger partial charge in [0.05, 0.1) is 23.2 Å². The third-order valence-corrected chi connectivity index (χ3v) is 5.09. The van der Waals surface area contributed by atoms with Crippen molar-refractivity contribution in [1.29, 1.82) is 0 Å². The molecule has 0 saturated heterocycles. The number of nitrogens with zero attached hydrogens (tertiary/aromatic N) is 2. The second kappa shape index (κ2) is 23.8. The summed E-state index contributed by atoms with van der Waals surface area (Å²) in [4.78, 5) is 29.2. The predicted octanol–water partition coefficient (Wildman–Crippen LogP) is 7.17. The summed E-state index contributed by atoms with van der Waals surface area (Å²) in [6, 6.07) is 11.6. The maximum absolute atomic E-state index is 10.4. The van der Waals surface area contributed by atoms with Crippen LogP contribution in [0.3, 0.4) is 0 Å². The molecule has 0 aliphatic carbocycles. The summed E-state index contributed by atoms with van der Waals surface area (Å²) in [5.74, 6) is -1.51. The minimum atomic E-state index is -0.643. The molecule has 2 aromatic heterocycles. The topological polar surface area (TPSA) is 100 Å². The molecular formula is C27H43MnN2O4+. The van der Waals surface area contributed by atoms with Crippen molar-refractivity contribution in [2.75, 3.05) is 0 Å². The van der Waals surface area contributed by atoms with Crippen LogP contribution in [0.25, 0.3) is 11.4 Å². The molecule has 0 fully saturated rings. The molecule has 2 rings (SSSR count). The molecule has 0 bridgehead atoms. The summed E-state index contributed by atoms with van der Waals surface area (Å²) in [6.45, 7) is 8.01. The van der Waals surface area contributed by atoms with Gasteiger partial charge in [-0.05, 0) is 49.9 Å². The van der Waals surface area contributed by atoms with Crippen LogP contribution in [0, 0.1) is 19.3 Å². The van der Waals surface area contributed by atoms with E-state index in [4.69, 9.17) is 10.2 Å². The van der Waals surface area contributed by atoms with Gasteiger partial charge in [0.25, 0.3) is 0 Å². The van der Waals surface area contributed by atoms with E-state index in [0.29, 0.717) is 0 Å². The van der Waals surface area contributed by atoms with Crippen LogP contribution in [0.2, 0.25) is 0 Å². The van der Waals surface area contributed by atoms with Gasteiger partial charge < -0.3 is 10.2 Å². The first-order chi connectivity index (χ1) is 15.4. The quantitative estimate of drug-likeness (QED) is 0.244. The largest absolute Gasteiger partial charge is 0.481 e. The first-order valence-electron chi connectivity index (χ1n) is 11.7. The number of aromatic nitrogens is 2. The van der Waals surface area contributed by atoms with Crippen molar-refractivity contribution in [3.8, 4) is 11.4 Å². The van der Waals surface area contributed by atoms with Crippen LogP contribution in [0.1, 0.15) is 79.1 Å². The maximum atomic E-state index is 10.4.